The summed E-state index contributed by atoms with van der Waals surface area (Å²) in [6, 6.07) is -10.7. The molecule has 63 heavy (non-hydrogen) atoms. The zero-order chi connectivity index (χ0) is 48.1. The molecule has 1 aromatic rings. The van der Waals surface area contributed by atoms with Gasteiger partial charge in [0.1, 0.15) is 36.3 Å². The Morgan fingerprint density at radius 1 is 0.603 bits per heavy atom. The molecule has 10 amide bonds. The van der Waals surface area contributed by atoms with Crippen molar-refractivity contribution in [2.45, 2.75) is 115 Å². The van der Waals surface area contributed by atoms with Gasteiger partial charge in [0, 0.05) is 25.5 Å². The van der Waals surface area contributed by atoms with Crippen LogP contribution in [0.4, 0.5) is 0 Å². The smallest absolute Gasteiger partial charge is 0.326 e. The average Bonchev–Trinajstić information content (AvgIpc) is 3.69. The fourth-order valence-electron chi connectivity index (χ4n) is 5.53. The van der Waals surface area contributed by atoms with E-state index in [1.807, 2.05) is 0 Å². The average molecular weight is 896 g/mol. The first-order valence-corrected chi connectivity index (χ1v) is 19.4. The van der Waals surface area contributed by atoms with Crippen LogP contribution in [0.15, 0.2) is 12.5 Å². The first-order valence-electron chi connectivity index (χ1n) is 19.4. The van der Waals surface area contributed by atoms with Gasteiger partial charge in [-0.1, -0.05) is 27.7 Å². The van der Waals surface area contributed by atoms with Crippen molar-refractivity contribution < 1.29 is 67.7 Å². The summed E-state index contributed by atoms with van der Waals surface area (Å²) in [5.74, 6) is -14.1. The third kappa shape index (κ3) is 20.3. The lowest BCUT2D eigenvalue weighted by Crippen LogP contribution is -2.60. The number of carboxylic acid groups (broad SMARTS) is 2. The van der Waals surface area contributed by atoms with Gasteiger partial charge in [0.05, 0.1) is 37.4 Å². The number of aromatic nitrogens is 2. The van der Waals surface area contributed by atoms with E-state index in [0.717, 1.165) is 0 Å². The number of aromatic amines is 1. The number of hydrogen-bond donors (Lipinski definition) is 14. The molecule has 0 aliphatic carbocycles. The van der Waals surface area contributed by atoms with E-state index in [0.29, 0.717) is 5.69 Å². The minimum atomic E-state index is -1.77. The van der Waals surface area contributed by atoms with Crippen molar-refractivity contribution in [1.82, 2.24) is 47.2 Å². The Hall–Kier alpha value is -7.19. The number of nitrogens with two attached hydrogens (primary N) is 4. The molecule has 1 heterocycles. The fraction of sp³-hybridized carbons (Fsp3) is 0.583. The fourth-order valence-corrected chi connectivity index (χ4v) is 5.53. The van der Waals surface area contributed by atoms with Gasteiger partial charge in [0.15, 0.2) is 0 Å². The molecule has 0 aliphatic rings. The summed E-state index contributed by atoms with van der Waals surface area (Å²) in [6.07, 6.45) is -0.881. The van der Waals surface area contributed by atoms with Crippen molar-refractivity contribution in [3.05, 3.63) is 18.2 Å². The lowest BCUT2D eigenvalue weighted by atomic mass is 10.00. The lowest BCUT2D eigenvalue weighted by Gasteiger charge is -2.28. The molecule has 1 rings (SSSR count). The number of carbonyl (C=O) groups excluding carboxylic acids is 10. The molecule has 18 N–H and O–H groups in total. The molecule has 350 valence electrons. The Kier molecular flexibility index (Phi) is 22.4. The summed E-state index contributed by atoms with van der Waals surface area (Å²) in [6.45, 7) is 5.34. The van der Waals surface area contributed by atoms with Gasteiger partial charge in [0.25, 0.3) is 0 Å². The van der Waals surface area contributed by atoms with Crippen molar-refractivity contribution in [3.8, 4) is 0 Å². The molecular weight excluding hydrogens is 838 g/mol. The Bertz CT molecular complexity index is 1840. The van der Waals surface area contributed by atoms with Gasteiger partial charge in [-0.2, -0.15) is 0 Å². The van der Waals surface area contributed by atoms with Crippen molar-refractivity contribution >= 4 is 71.0 Å². The third-order valence-electron chi connectivity index (χ3n) is 8.91. The van der Waals surface area contributed by atoms with E-state index < -0.39 is 170 Å². The van der Waals surface area contributed by atoms with Crippen LogP contribution in [0.2, 0.25) is 0 Å². The molecule has 0 fully saturated rings. The van der Waals surface area contributed by atoms with E-state index in [1.54, 1.807) is 27.7 Å². The number of nitrogens with zero attached hydrogens (tertiary/aromatic N) is 1. The van der Waals surface area contributed by atoms with E-state index in [1.165, 1.54) is 12.5 Å². The van der Waals surface area contributed by atoms with E-state index in [2.05, 4.69) is 47.2 Å². The highest BCUT2D eigenvalue weighted by atomic mass is 16.4. The third-order valence-corrected chi connectivity index (χ3v) is 8.91. The summed E-state index contributed by atoms with van der Waals surface area (Å²) >= 11 is 0. The normalized spacial score (nSPS) is 14.3. The van der Waals surface area contributed by atoms with Crippen LogP contribution in [0, 0.1) is 11.8 Å². The molecule has 27 heteroatoms. The highest BCUT2D eigenvalue weighted by Gasteiger charge is 2.35. The monoisotopic (exact) mass is 895 g/mol. The molecule has 0 spiro atoms. The zero-order valence-electron chi connectivity index (χ0n) is 35.1. The van der Waals surface area contributed by atoms with Crippen LogP contribution in [-0.2, 0) is 64.0 Å². The number of nitrogens with one attached hydrogen (secondary N) is 8. The lowest BCUT2D eigenvalue weighted by molar-refractivity contribution is -0.143. The Morgan fingerprint density at radius 2 is 1.10 bits per heavy atom. The van der Waals surface area contributed by atoms with E-state index in [4.69, 9.17) is 28.0 Å². The van der Waals surface area contributed by atoms with Crippen LogP contribution >= 0.6 is 0 Å². The SMILES string of the molecule is CC(C)[C@H](NC(=O)[C@H](Cc1c[nH]cn1)NC(=O)[C@@H](NC(=O)[C@H](CCC(N)=O)NC(=O)CNC(=O)[C@H](CCC(N)=O)NC(=O)[C@H](CC(N)=O)NC(=O)[C@@H](N)CC(=O)O)C(C)C)C(=O)O. The number of primary amides is 3. The summed E-state index contributed by atoms with van der Waals surface area (Å²) < 4.78 is 0. The van der Waals surface area contributed by atoms with Crippen LogP contribution < -0.4 is 60.2 Å². The largest absolute Gasteiger partial charge is 0.481 e. The van der Waals surface area contributed by atoms with E-state index >= 15 is 0 Å². The maximum Gasteiger partial charge on any atom is 0.326 e. The molecule has 0 saturated carbocycles. The number of hydrogen-bond acceptors (Lipinski definition) is 14. The molecule has 0 saturated heterocycles. The highest BCUT2D eigenvalue weighted by Crippen LogP contribution is 2.09. The maximum atomic E-state index is 13.7. The van der Waals surface area contributed by atoms with Crippen molar-refractivity contribution in [2.75, 3.05) is 6.54 Å². The maximum absolute atomic E-state index is 13.7. The molecule has 0 aliphatic heterocycles. The molecular formula is C36H57N13O14. The van der Waals surface area contributed by atoms with E-state index in [-0.39, 0.29) is 6.42 Å². The number of aliphatic carboxylic acids is 2. The summed E-state index contributed by atoms with van der Waals surface area (Å²) in [7, 11) is 0. The number of amides is 10. The van der Waals surface area contributed by atoms with Gasteiger partial charge in [0.2, 0.25) is 59.1 Å². The van der Waals surface area contributed by atoms with Gasteiger partial charge in [-0.15, -0.1) is 0 Å². The first-order chi connectivity index (χ1) is 29.3. The minimum absolute atomic E-state index is 0.186. The second kappa shape index (κ2) is 26.2. The number of H-pyrrole nitrogens is 1. The Balaban J connectivity index is 3.22. The quantitative estimate of drug-likeness (QED) is 0.0356. The molecule has 0 radical (unpaired) electrons. The molecule has 0 bridgehead atoms. The zero-order valence-corrected chi connectivity index (χ0v) is 35.1. The number of carbonyl (C=O) groups is 12. The van der Waals surface area contributed by atoms with Gasteiger partial charge in [-0.25, -0.2) is 9.78 Å². The second-order valence-corrected chi connectivity index (χ2v) is 15.0. The number of rotatable bonds is 29. The minimum Gasteiger partial charge on any atom is -0.481 e. The predicted octanol–water partition coefficient (Wildman–Crippen LogP) is -6.42. The van der Waals surface area contributed by atoms with Crippen LogP contribution in [0.1, 0.15) is 71.9 Å². The molecule has 1 aromatic heterocycles. The number of imidazole rings is 1. The van der Waals surface area contributed by atoms with Gasteiger partial charge >= 0.3 is 11.9 Å². The van der Waals surface area contributed by atoms with Crippen molar-refractivity contribution in [3.63, 3.8) is 0 Å². The van der Waals surface area contributed by atoms with Crippen molar-refractivity contribution in [1.29, 1.82) is 0 Å². The van der Waals surface area contributed by atoms with Crippen LogP contribution in [0.25, 0.3) is 0 Å². The summed E-state index contributed by atoms with van der Waals surface area (Å²) in [5.41, 5.74) is 21.5. The van der Waals surface area contributed by atoms with Crippen molar-refractivity contribution in [2.24, 2.45) is 34.8 Å². The molecule has 7 atom stereocenters. The molecule has 0 unspecified atom stereocenters. The second-order valence-electron chi connectivity index (χ2n) is 15.0. The van der Waals surface area contributed by atoms with Gasteiger partial charge in [-0.05, 0) is 24.7 Å². The first kappa shape index (κ1) is 53.8. The topological polar surface area (TPSA) is 462 Å². The molecule has 27 nitrogen and oxygen atoms in total. The van der Waals surface area contributed by atoms with Crippen LogP contribution in [-0.4, -0.2) is 140 Å². The van der Waals surface area contributed by atoms with Crippen LogP contribution in [0.3, 0.4) is 0 Å². The number of carboxylic acids is 2. The molecule has 0 aromatic carbocycles. The van der Waals surface area contributed by atoms with Gasteiger partial charge in [-0.3, -0.25) is 52.7 Å². The standard InChI is InChI=1S/C36H57N13O14/c1-15(2)28(35(61)47-21(9-17-12-41-14-43-17)34(60)49-29(16(3)4)36(62)63)48-32(58)20(6-8-24(39)51)44-26(53)13-42-31(57)19(5-7-23(38)50)45-33(59)22(11-25(40)52)46-30(56)18(37)10-27(54)55/h12,14-16,18-22,28-29H,5-11,13,37H2,1-4H3,(H2,38,50)(H2,39,51)(H2,40,52)(H,41,43)(H,42,57)(H,44,53)(H,45,59)(H,46,56)(H,47,61)(H,48,58)(H,49,60)(H,54,55)(H,62,63)/t18-,19-,20-,21-,22-,28-,29-/m0/s1. The Labute approximate surface area is 360 Å². The summed E-state index contributed by atoms with van der Waals surface area (Å²) in [5, 5.41) is 34.6. The van der Waals surface area contributed by atoms with Gasteiger partial charge < -0.3 is 75.3 Å². The van der Waals surface area contributed by atoms with Crippen LogP contribution in [0.5, 0.6) is 0 Å². The highest BCUT2D eigenvalue weighted by molar-refractivity contribution is 5.98. The summed E-state index contributed by atoms with van der Waals surface area (Å²) in [4.78, 5) is 157. The Morgan fingerprint density at radius 3 is 1.57 bits per heavy atom. The predicted molar refractivity (Wildman–Crippen MR) is 215 cm³/mol. The van der Waals surface area contributed by atoms with E-state index in [9.17, 15) is 62.6 Å².